The van der Waals surface area contributed by atoms with Gasteiger partial charge in [-0.1, -0.05) is 0 Å². The summed E-state index contributed by atoms with van der Waals surface area (Å²) in [5, 5.41) is 29.7. The van der Waals surface area contributed by atoms with Crippen molar-refractivity contribution in [1.82, 2.24) is 0 Å². The van der Waals surface area contributed by atoms with Crippen molar-refractivity contribution in [1.29, 1.82) is 0 Å². The predicted octanol–water partition coefficient (Wildman–Crippen LogP) is -0.466. The van der Waals surface area contributed by atoms with Crippen molar-refractivity contribution in [3.63, 3.8) is 0 Å². The van der Waals surface area contributed by atoms with Gasteiger partial charge in [-0.15, -0.1) is 0 Å². The molecule has 0 aliphatic carbocycles. The van der Waals surface area contributed by atoms with Gasteiger partial charge in [-0.2, -0.15) is 0 Å². The molecule has 19 heavy (non-hydrogen) atoms. The maximum Gasteiger partial charge on any atom is 0.300 e. The SMILES string of the molecule is CC(=O)O.CC(=O)O.CC(=O)O.CC(=O)O.O.[Cr].[Cr]. The molecular formula is C8H18Cr2O9. The van der Waals surface area contributed by atoms with Crippen LogP contribution >= 0.6 is 0 Å². The molecule has 0 bridgehead atoms. The van der Waals surface area contributed by atoms with Gasteiger partial charge < -0.3 is 25.9 Å². The zero-order valence-corrected chi connectivity index (χ0v) is 13.3. The number of rotatable bonds is 0. The molecule has 0 radical (unpaired) electrons. The Morgan fingerprint density at radius 2 is 0.526 bits per heavy atom. The normalized spacial score (nSPS) is 5.26. The molecule has 0 aromatic rings. The second kappa shape index (κ2) is 36.0. The maximum atomic E-state index is 9.00. The van der Waals surface area contributed by atoms with Gasteiger partial charge in [0.15, 0.2) is 0 Å². The van der Waals surface area contributed by atoms with Crippen molar-refractivity contribution >= 4 is 23.9 Å². The van der Waals surface area contributed by atoms with E-state index in [1.54, 1.807) is 0 Å². The number of aliphatic carboxylic acids is 4. The number of carboxylic acids is 4. The van der Waals surface area contributed by atoms with Crippen LogP contribution in [0.4, 0.5) is 0 Å². The quantitative estimate of drug-likeness (QED) is 0.446. The van der Waals surface area contributed by atoms with Crippen molar-refractivity contribution in [2.45, 2.75) is 27.7 Å². The van der Waals surface area contributed by atoms with Gasteiger partial charge in [0.25, 0.3) is 23.9 Å². The molecule has 0 atom stereocenters. The number of hydrogen-bond donors (Lipinski definition) is 4. The molecular weight excluding hydrogens is 344 g/mol. The second-order valence-electron chi connectivity index (χ2n) is 2.08. The van der Waals surface area contributed by atoms with Crippen LogP contribution in [0.25, 0.3) is 0 Å². The fraction of sp³-hybridized carbons (Fsp3) is 0.500. The molecule has 0 aromatic carbocycles. The van der Waals surface area contributed by atoms with Crippen molar-refractivity contribution in [3.8, 4) is 0 Å². The zero-order valence-electron chi connectivity index (χ0n) is 10.7. The Bertz CT molecular complexity index is 166. The molecule has 0 amide bonds. The minimum Gasteiger partial charge on any atom is -0.481 e. The van der Waals surface area contributed by atoms with Gasteiger partial charge in [0.2, 0.25) is 0 Å². The Balaban J connectivity index is -0.0000000192. The van der Waals surface area contributed by atoms with Crippen molar-refractivity contribution < 1.29 is 79.8 Å². The summed E-state index contributed by atoms with van der Waals surface area (Å²) < 4.78 is 0. The number of carboxylic acid groups (broad SMARTS) is 4. The summed E-state index contributed by atoms with van der Waals surface area (Å²) in [5.74, 6) is -3.33. The van der Waals surface area contributed by atoms with Gasteiger partial charge in [-0.3, -0.25) is 19.2 Å². The summed E-state index contributed by atoms with van der Waals surface area (Å²) >= 11 is 0. The molecule has 0 spiro atoms. The minimum absolute atomic E-state index is 0. The predicted molar refractivity (Wildman–Crippen MR) is 56.9 cm³/mol. The van der Waals surface area contributed by atoms with Gasteiger partial charge in [0, 0.05) is 62.4 Å². The third-order valence-electron chi connectivity index (χ3n) is 0. The fourth-order valence-corrected chi connectivity index (χ4v) is 0. The summed E-state index contributed by atoms with van der Waals surface area (Å²) in [4.78, 5) is 36.0. The molecule has 0 aromatic heterocycles. The first kappa shape index (κ1) is 43.0. The Labute approximate surface area is 131 Å². The van der Waals surface area contributed by atoms with Gasteiger partial charge in [0.05, 0.1) is 0 Å². The maximum absolute atomic E-state index is 9.00. The number of carbonyl (C=O) groups is 4. The molecule has 0 saturated carbocycles. The van der Waals surface area contributed by atoms with E-state index in [0.29, 0.717) is 0 Å². The molecule has 0 saturated heterocycles. The van der Waals surface area contributed by atoms with Crippen molar-refractivity contribution in [2.24, 2.45) is 0 Å². The first-order chi connectivity index (χ1) is 6.93. The van der Waals surface area contributed by atoms with Crippen LogP contribution in [0.15, 0.2) is 0 Å². The molecule has 0 heterocycles. The standard InChI is InChI=1S/4C2H4O2.2Cr.H2O/c4*1-2(3)4;;;/h4*1H3,(H,3,4);;;1H2. The molecule has 6 N–H and O–H groups in total. The van der Waals surface area contributed by atoms with Crippen LogP contribution in [0.2, 0.25) is 0 Å². The van der Waals surface area contributed by atoms with Crippen LogP contribution in [-0.2, 0) is 53.9 Å². The summed E-state index contributed by atoms with van der Waals surface area (Å²) in [7, 11) is 0. The van der Waals surface area contributed by atoms with Crippen LogP contribution in [0.5, 0.6) is 0 Å². The minimum atomic E-state index is -0.833. The molecule has 0 aliphatic heterocycles. The van der Waals surface area contributed by atoms with E-state index in [2.05, 4.69) is 0 Å². The average Bonchev–Trinajstić information content (AvgIpc) is 1.76. The molecule has 9 nitrogen and oxygen atoms in total. The zero-order chi connectivity index (χ0) is 14.3. The van der Waals surface area contributed by atoms with Crippen LogP contribution in [0.3, 0.4) is 0 Å². The number of hydrogen-bond acceptors (Lipinski definition) is 4. The van der Waals surface area contributed by atoms with Crippen LogP contribution in [0, 0.1) is 0 Å². The van der Waals surface area contributed by atoms with E-state index in [1.165, 1.54) is 0 Å². The average molecular weight is 362 g/mol. The molecule has 0 rings (SSSR count). The topological polar surface area (TPSA) is 181 Å². The Hall–Kier alpha value is -1.10. The van der Waals surface area contributed by atoms with Gasteiger partial charge in [-0.05, 0) is 0 Å². The van der Waals surface area contributed by atoms with Gasteiger partial charge >= 0.3 is 0 Å². The third-order valence-corrected chi connectivity index (χ3v) is 0. The molecule has 0 aliphatic rings. The Morgan fingerprint density at radius 3 is 0.526 bits per heavy atom. The van der Waals surface area contributed by atoms with E-state index in [4.69, 9.17) is 39.6 Å². The summed E-state index contributed by atoms with van der Waals surface area (Å²) in [5.41, 5.74) is 0. The van der Waals surface area contributed by atoms with Gasteiger partial charge in [0.1, 0.15) is 0 Å². The second-order valence-corrected chi connectivity index (χ2v) is 2.08. The van der Waals surface area contributed by atoms with Gasteiger partial charge in [-0.25, -0.2) is 0 Å². The van der Waals surface area contributed by atoms with Crippen molar-refractivity contribution in [2.75, 3.05) is 0 Å². The summed E-state index contributed by atoms with van der Waals surface area (Å²) in [6.07, 6.45) is 0. The summed E-state index contributed by atoms with van der Waals surface area (Å²) in [6.45, 7) is 4.33. The molecule has 0 fully saturated rings. The Morgan fingerprint density at radius 1 is 0.526 bits per heavy atom. The monoisotopic (exact) mass is 362 g/mol. The molecule has 0 unspecified atom stereocenters. The van der Waals surface area contributed by atoms with Crippen LogP contribution in [0.1, 0.15) is 27.7 Å². The van der Waals surface area contributed by atoms with E-state index in [1.807, 2.05) is 0 Å². The fourth-order valence-electron chi connectivity index (χ4n) is 0. The van der Waals surface area contributed by atoms with E-state index < -0.39 is 23.9 Å². The van der Waals surface area contributed by atoms with E-state index >= 15 is 0 Å². The smallest absolute Gasteiger partial charge is 0.300 e. The third kappa shape index (κ3) is 3130. The Kier molecular flexibility index (Phi) is 81.4. The first-order valence-electron chi connectivity index (χ1n) is 3.71. The summed E-state index contributed by atoms with van der Waals surface area (Å²) in [6, 6.07) is 0. The van der Waals surface area contributed by atoms with Crippen LogP contribution in [-0.4, -0.2) is 49.8 Å². The van der Waals surface area contributed by atoms with E-state index in [0.717, 1.165) is 27.7 Å². The molecule has 11 heteroatoms. The molecule has 116 valence electrons. The van der Waals surface area contributed by atoms with E-state index in [-0.39, 0.29) is 40.2 Å². The van der Waals surface area contributed by atoms with Crippen LogP contribution < -0.4 is 0 Å². The van der Waals surface area contributed by atoms with E-state index in [9.17, 15) is 0 Å². The largest absolute Gasteiger partial charge is 0.481 e. The van der Waals surface area contributed by atoms with Crippen molar-refractivity contribution in [3.05, 3.63) is 0 Å². The first-order valence-corrected chi connectivity index (χ1v) is 3.71.